The Kier molecular flexibility index (Phi) is 17.2. The van der Waals surface area contributed by atoms with E-state index in [-0.39, 0.29) is 12.5 Å². The summed E-state index contributed by atoms with van der Waals surface area (Å²) in [7, 11) is 0. The minimum absolute atomic E-state index is 0.151. The van der Waals surface area contributed by atoms with Crippen LogP contribution < -0.4 is 5.43 Å². The Labute approximate surface area is 179 Å². The van der Waals surface area contributed by atoms with Crippen LogP contribution in [0, 0.1) is 0 Å². The van der Waals surface area contributed by atoms with E-state index in [0.717, 1.165) is 45.6 Å². The van der Waals surface area contributed by atoms with Crippen molar-refractivity contribution in [3.63, 3.8) is 0 Å². The van der Waals surface area contributed by atoms with Gasteiger partial charge in [-0.05, 0) is 32.1 Å². The zero-order valence-electron chi connectivity index (χ0n) is 19.0. The summed E-state index contributed by atoms with van der Waals surface area (Å²) >= 11 is 0. The number of nitrogens with one attached hydrogen (secondary N) is 1. The average molecular weight is 410 g/mol. The first kappa shape index (κ1) is 26.1. The maximum absolute atomic E-state index is 12.0. The summed E-state index contributed by atoms with van der Waals surface area (Å²) in [6, 6.07) is 0. The molecule has 1 saturated heterocycles. The van der Waals surface area contributed by atoms with E-state index in [9.17, 15) is 4.79 Å². The van der Waals surface area contributed by atoms with E-state index in [2.05, 4.69) is 29.4 Å². The molecule has 5 heteroatoms. The fourth-order valence-electron chi connectivity index (χ4n) is 3.81. The van der Waals surface area contributed by atoms with Gasteiger partial charge >= 0.3 is 0 Å². The lowest BCUT2D eigenvalue weighted by molar-refractivity contribution is -0.127. The molecule has 1 aliphatic heterocycles. The van der Waals surface area contributed by atoms with Crippen molar-refractivity contribution in [3.05, 3.63) is 12.2 Å². The van der Waals surface area contributed by atoms with Crippen LogP contribution in [-0.2, 0) is 4.79 Å². The van der Waals surface area contributed by atoms with Crippen LogP contribution in [0.4, 0.5) is 0 Å². The van der Waals surface area contributed by atoms with E-state index in [1.807, 2.05) is 5.01 Å². The molecule has 1 heterocycles. The highest BCUT2D eigenvalue weighted by Crippen LogP contribution is 2.10. The van der Waals surface area contributed by atoms with E-state index in [1.54, 1.807) is 0 Å². The van der Waals surface area contributed by atoms with Crippen LogP contribution in [-0.4, -0.2) is 60.3 Å². The topological polar surface area (TPSA) is 55.8 Å². The van der Waals surface area contributed by atoms with Crippen molar-refractivity contribution < 1.29 is 9.90 Å². The van der Waals surface area contributed by atoms with Crippen molar-refractivity contribution in [1.82, 2.24) is 15.3 Å². The third-order valence-corrected chi connectivity index (χ3v) is 5.74. The molecule has 0 spiro atoms. The van der Waals surface area contributed by atoms with Crippen LogP contribution in [0.15, 0.2) is 12.2 Å². The van der Waals surface area contributed by atoms with Gasteiger partial charge in [0, 0.05) is 39.1 Å². The van der Waals surface area contributed by atoms with Crippen molar-refractivity contribution in [2.45, 2.75) is 96.8 Å². The van der Waals surface area contributed by atoms with Gasteiger partial charge in [0.25, 0.3) is 0 Å². The molecule has 29 heavy (non-hydrogen) atoms. The van der Waals surface area contributed by atoms with Crippen molar-refractivity contribution in [1.29, 1.82) is 0 Å². The fraction of sp³-hybridized carbons (Fsp3) is 0.875. The normalized spacial score (nSPS) is 15.9. The molecule has 0 atom stereocenters. The van der Waals surface area contributed by atoms with Crippen LogP contribution in [0.1, 0.15) is 96.8 Å². The van der Waals surface area contributed by atoms with Crippen LogP contribution in [0.2, 0.25) is 0 Å². The van der Waals surface area contributed by atoms with Crippen molar-refractivity contribution in [2.24, 2.45) is 0 Å². The SMILES string of the molecule is CCCCCCCC/C=C\CCCCCCCC(=O)NN1CCN(CCO)CC1. The van der Waals surface area contributed by atoms with E-state index < -0.39 is 0 Å². The molecule has 1 aliphatic rings. The summed E-state index contributed by atoms with van der Waals surface area (Å²) in [4.78, 5) is 14.3. The molecule has 1 rings (SSSR count). The summed E-state index contributed by atoms with van der Waals surface area (Å²) < 4.78 is 0. The molecule has 0 unspecified atom stereocenters. The number of carbonyl (C=O) groups is 1. The van der Waals surface area contributed by atoms with Gasteiger partial charge in [0.2, 0.25) is 5.91 Å². The highest BCUT2D eigenvalue weighted by atomic mass is 16.3. The largest absolute Gasteiger partial charge is 0.395 e. The molecule has 0 aromatic rings. The zero-order valence-corrected chi connectivity index (χ0v) is 19.0. The molecule has 170 valence electrons. The molecule has 0 aromatic carbocycles. The van der Waals surface area contributed by atoms with Gasteiger partial charge in [0.15, 0.2) is 0 Å². The number of β-amino-alcohol motifs (C(OH)–C–C–N with tert-alkyl or cyclic N) is 1. The van der Waals surface area contributed by atoms with Crippen molar-refractivity contribution >= 4 is 5.91 Å². The number of hydrazine groups is 1. The predicted octanol–water partition coefficient (Wildman–Crippen LogP) is 4.67. The quantitative estimate of drug-likeness (QED) is 0.255. The fourth-order valence-corrected chi connectivity index (χ4v) is 3.81. The first-order valence-electron chi connectivity index (χ1n) is 12.3. The van der Waals surface area contributed by atoms with Gasteiger partial charge in [-0.2, -0.15) is 0 Å². The summed E-state index contributed by atoms with van der Waals surface area (Å²) in [5.41, 5.74) is 3.03. The van der Waals surface area contributed by atoms with Gasteiger partial charge in [-0.3, -0.25) is 15.1 Å². The molecule has 0 bridgehead atoms. The first-order chi connectivity index (χ1) is 14.3. The second kappa shape index (κ2) is 19.1. The molecule has 0 aromatic heterocycles. The van der Waals surface area contributed by atoms with Gasteiger partial charge in [0.1, 0.15) is 0 Å². The minimum Gasteiger partial charge on any atom is -0.395 e. The zero-order chi connectivity index (χ0) is 21.0. The summed E-state index contributed by atoms with van der Waals surface area (Å²) in [5.74, 6) is 0.151. The maximum Gasteiger partial charge on any atom is 0.234 e. The molecular weight excluding hydrogens is 362 g/mol. The highest BCUT2D eigenvalue weighted by molar-refractivity contribution is 5.75. The second-order valence-electron chi connectivity index (χ2n) is 8.42. The minimum atomic E-state index is 0.151. The summed E-state index contributed by atoms with van der Waals surface area (Å²) in [6.45, 7) is 6.72. The molecule has 0 aliphatic carbocycles. The Morgan fingerprint density at radius 2 is 1.38 bits per heavy atom. The maximum atomic E-state index is 12.0. The van der Waals surface area contributed by atoms with Gasteiger partial charge in [-0.25, -0.2) is 5.01 Å². The van der Waals surface area contributed by atoms with Crippen LogP contribution in [0.5, 0.6) is 0 Å². The number of unbranched alkanes of at least 4 members (excludes halogenated alkanes) is 11. The Balaban J connectivity index is 1.83. The van der Waals surface area contributed by atoms with E-state index in [0.29, 0.717) is 6.42 Å². The lowest BCUT2D eigenvalue weighted by atomic mass is 10.1. The van der Waals surface area contributed by atoms with Gasteiger partial charge in [-0.15, -0.1) is 0 Å². The Bertz CT molecular complexity index is 407. The number of aliphatic hydroxyl groups is 1. The Morgan fingerprint density at radius 3 is 1.97 bits per heavy atom. The van der Waals surface area contributed by atoms with E-state index in [4.69, 9.17) is 5.11 Å². The standard InChI is InChI=1S/C24H47N3O2/c1-2-3-4-5-6-7-8-9-10-11-12-13-14-15-16-17-24(29)25-27-20-18-26(19-21-27)22-23-28/h9-10,28H,2-8,11-23H2,1H3,(H,25,29)/b10-9-. The smallest absolute Gasteiger partial charge is 0.234 e. The van der Waals surface area contributed by atoms with Gasteiger partial charge in [-0.1, -0.05) is 70.4 Å². The molecule has 1 amide bonds. The number of amides is 1. The second-order valence-corrected chi connectivity index (χ2v) is 8.42. The Hall–Kier alpha value is -0.910. The molecule has 0 saturated carbocycles. The number of allylic oxidation sites excluding steroid dienone is 2. The predicted molar refractivity (Wildman–Crippen MR) is 123 cm³/mol. The van der Waals surface area contributed by atoms with E-state index >= 15 is 0 Å². The third kappa shape index (κ3) is 15.6. The number of piperazine rings is 1. The number of hydrogen-bond acceptors (Lipinski definition) is 4. The lowest BCUT2D eigenvalue weighted by Gasteiger charge is -2.34. The average Bonchev–Trinajstić information content (AvgIpc) is 2.72. The van der Waals surface area contributed by atoms with E-state index in [1.165, 1.54) is 70.6 Å². The third-order valence-electron chi connectivity index (χ3n) is 5.74. The van der Waals surface area contributed by atoms with Crippen LogP contribution in [0.3, 0.4) is 0 Å². The highest BCUT2D eigenvalue weighted by Gasteiger charge is 2.17. The summed E-state index contributed by atoms with van der Waals surface area (Å²) in [6.07, 6.45) is 22.0. The number of nitrogens with zero attached hydrogens (tertiary/aromatic N) is 2. The van der Waals surface area contributed by atoms with Crippen molar-refractivity contribution in [2.75, 3.05) is 39.3 Å². The number of rotatable bonds is 18. The molecule has 0 radical (unpaired) electrons. The monoisotopic (exact) mass is 409 g/mol. The molecule has 2 N–H and O–H groups in total. The molecule has 5 nitrogen and oxygen atoms in total. The van der Waals surface area contributed by atoms with Gasteiger partial charge in [0.05, 0.1) is 6.61 Å². The summed E-state index contributed by atoms with van der Waals surface area (Å²) in [5, 5.41) is 11.0. The van der Waals surface area contributed by atoms with Crippen LogP contribution >= 0.6 is 0 Å². The number of hydrogen-bond donors (Lipinski definition) is 2. The number of aliphatic hydroxyl groups excluding tert-OH is 1. The van der Waals surface area contributed by atoms with Crippen LogP contribution in [0.25, 0.3) is 0 Å². The number of carbonyl (C=O) groups excluding carboxylic acids is 1. The van der Waals surface area contributed by atoms with Crippen molar-refractivity contribution in [3.8, 4) is 0 Å². The first-order valence-corrected chi connectivity index (χ1v) is 12.3. The van der Waals surface area contributed by atoms with Gasteiger partial charge < -0.3 is 5.11 Å². The molecule has 1 fully saturated rings. The Morgan fingerprint density at radius 1 is 0.828 bits per heavy atom. The lowest BCUT2D eigenvalue weighted by Crippen LogP contribution is -2.53. The molecular formula is C24H47N3O2.